The molecule has 0 saturated heterocycles. The number of aryl methyl sites for hydroxylation is 1. The Hall–Kier alpha value is -0.960. The first-order valence-corrected chi connectivity index (χ1v) is 5.95. The largest absolute Gasteiger partial charge is 0.256 e. The van der Waals surface area contributed by atoms with Gasteiger partial charge >= 0.3 is 0 Å². The van der Waals surface area contributed by atoms with Gasteiger partial charge in [0.15, 0.2) is 5.15 Å². The lowest BCUT2D eigenvalue weighted by molar-refractivity contribution is 0.489. The van der Waals surface area contributed by atoms with Gasteiger partial charge in [0.2, 0.25) is 0 Å². The summed E-state index contributed by atoms with van der Waals surface area (Å²) in [5, 5.41) is 0.419. The average Bonchev–Trinajstić information content (AvgIpc) is 2.22. The van der Waals surface area contributed by atoms with Gasteiger partial charge in [-0.25, -0.2) is 9.97 Å². The van der Waals surface area contributed by atoms with Gasteiger partial charge < -0.3 is 0 Å². The van der Waals surface area contributed by atoms with Crippen LogP contribution < -0.4 is 0 Å². The van der Waals surface area contributed by atoms with Crippen molar-refractivity contribution < 1.29 is 0 Å². The maximum absolute atomic E-state index is 5.97. The lowest BCUT2D eigenvalue weighted by atomic mass is 9.95. The summed E-state index contributed by atoms with van der Waals surface area (Å²) < 4.78 is 0. The van der Waals surface area contributed by atoms with Crippen LogP contribution in [0.2, 0.25) is 5.15 Å². The molecule has 0 bridgehead atoms. The van der Waals surface area contributed by atoms with Crippen molar-refractivity contribution in [2.24, 2.45) is 16.8 Å². The maximum Gasteiger partial charge on any atom is 0.158 e. The van der Waals surface area contributed by atoms with Crippen molar-refractivity contribution in [1.82, 2.24) is 9.97 Å². The van der Waals surface area contributed by atoms with E-state index in [-0.39, 0.29) is 0 Å². The smallest absolute Gasteiger partial charge is 0.158 e. The lowest BCUT2D eigenvalue weighted by Gasteiger charge is -2.13. The molecular weight excluding hydrogens is 222 g/mol. The van der Waals surface area contributed by atoms with Crippen LogP contribution >= 0.6 is 11.6 Å². The summed E-state index contributed by atoms with van der Waals surface area (Å²) in [7, 11) is 0. The van der Waals surface area contributed by atoms with E-state index in [1.54, 1.807) is 0 Å². The molecule has 1 heterocycles. The number of aromatic nitrogens is 2. The summed E-state index contributed by atoms with van der Waals surface area (Å²) in [6, 6.07) is 0. The maximum atomic E-state index is 5.97. The number of nitrogens with zero attached hydrogens (tertiary/aromatic N) is 3. The minimum Gasteiger partial charge on any atom is -0.256 e. The Bertz CT molecular complexity index is 354. The molecule has 3 nitrogen and oxygen atoms in total. The van der Waals surface area contributed by atoms with Gasteiger partial charge in [-0.2, -0.15) is 0 Å². The van der Waals surface area contributed by atoms with Crippen LogP contribution in [0.4, 0.5) is 5.69 Å². The van der Waals surface area contributed by atoms with E-state index < -0.39 is 0 Å². The fraction of sp³-hybridized carbons (Fsp3) is 0.583. The standard InChI is InChI=1S/C12H18ClN3/c1-5-10(8(2)3)6-14-11-9(4)15-7-16-12(11)13/h6-8,10H,5H2,1-4H3. The van der Waals surface area contributed by atoms with Crippen molar-refractivity contribution in [2.45, 2.75) is 34.1 Å². The summed E-state index contributed by atoms with van der Waals surface area (Å²) in [4.78, 5) is 12.4. The molecule has 0 aliphatic carbocycles. The third-order valence-electron chi connectivity index (χ3n) is 2.68. The number of hydrogen-bond donors (Lipinski definition) is 0. The molecule has 1 atom stereocenters. The van der Waals surface area contributed by atoms with Crippen LogP contribution in [0.3, 0.4) is 0 Å². The van der Waals surface area contributed by atoms with Crippen LogP contribution in [-0.4, -0.2) is 16.2 Å². The Morgan fingerprint density at radius 2 is 2.12 bits per heavy atom. The molecular formula is C12H18ClN3. The molecule has 0 aliphatic rings. The minimum atomic E-state index is 0.419. The van der Waals surface area contributed by atoms with Gasteiger partial charge in [-0.3, -0.25) is 4.99 Å². The van der Waals surface area contributed by atoms with Gasteiger partial charge in [0, 0.05) is 6.21 Å². The van der Waals surface area contributed by atoms with Crippen LogP contribution in [-0.2, 0) is 0 Å². The zero-order chi connectivity index (χ0) is 12.1. The number of rotatable bonds is 4. The summed E-state index contributed by atoms with van der Waals surface area (Å²) >= 11 is 5.97. The molecule has 0 amide bonds. The van der Waals surface area contributed by atoms with E-state index in [1.807, 2.05) is 13.1 Å². The molecule has 1 unspecified atom stereocenters. The number of halogens is 1. The molecule has 4 heteroatoms. The van der Waals surface area contributed by atoms with Crippen LogP contribution in [0.25, 0.3) is 0 Å². The molecule has 0 fully saturated rings. The van der Waals surface area contributed by atoms with Gasteiger partial charge in [0.05, 0.1) is 5.69 Å². The summed E-state index contributed by atoms with van der Waals surface area (Å²) in [6.45, 7) is 8.43. The second kappa shape index (κ2) is 5.94. The Labute approximate surface area is 102 Å². The zero-order valence-corrected chi connectivity index (χ0v) is 11.0. The molecule has 0 aliphatic heterocycles. The Morgan fingerprint density at radius 3 is 2.62 bits per heavy atom. The lowest BCUT2D eigenvalue weighted by Crippen LogP contribution is -2.08. The molecule has 0 N–H and O–H groups in total. The minimum absolute atomic E-state index is 0.419. The van der Waals surface area contributed by atoms with Gasteiger partial charge in [-0.15, -0.1) is 0 Å². The van der Waals surface area contributed by atoms with Crippen molar-refractivity contribution in [3.05, 3.63) is 17.2 Å². The Balaban J connectivity index is 2.91. The fourth-order valence-electron chi connectivity index (χ4n) is 1.50. The molecule has 0 saturated carbocycles. The Kier molecular flexibility index (Phi) is 4.87. The van der Waals surface area contributed by atoms with E-state index in [0.29, 0.717) is 22.7 Å². The van der Waals surface area contributed by atoms with Gasteiger partial charge in [0.25, 0.3) is 0 Å². The van der Waals surface area contributed by atoms with E-state index in [0.717, 1.165) is 12.1 Å². The molecule has 0 spiro atoms. The monoisotopic (exact) mass is 239 g/mol. The highest BCUT2D eigenvalue weighted by Crippen LogP contribution is 2.25. The highest BCUT2D eigenvalue weighted by atomic mass is 35.5. The molecule has 16 heavy (non-hydrogen) atoms. The normalized spacial score (nSPS) is 13.6. The van der Waals surface area contributed by atoms with Crippen LogP contribution in [0.15, 0.2) is 11.3 Å². The van der Waals surface area contributed by atoms with Crippen LogP contribution in [0.5, 0.6) is 0 Å². The number of aliphatic imine (C=N–C) groups is 1. The van der Waals surface area contributed by atoms with E-state index in [4.69, 9.17) is 11.6 Å². The zero-order valence-electron chi connectivity index (χ0n) is 10.2. The molecule has 88 valence electrons. The first-order chi connectivity index (χ1) is 7.56. The van der Waals surface area contributed by atoms with Gasteiger partial charge in [-0.1, -0.05) is 32.4 Å². The highest BCUT2D eigenvalue weighted by molar-refractivity contribution is 6.31. The van der Waals surface area contributed by atoms with E-state index in [9.17, 15) is 0 Å². The van der Waals surface area contributed by atoms with Crippen molar-refractivity contribution in [3.8, 4) is 0 Å². The summed E-state index contributed by atoms with van der Waals surface area (Å²) in [5.74, 6) is 1.05. The second-order valence-electron chi connectivity index (χ2n) is 4.19. The van der Waals surface area contributed by atoms with Gasteiger partial charge in [-0.05, 0) is 25.2 Å². The van der Waals surface area contributed by atoms with Gasteiger partial charge in [0.1, 0.15) is 12.0 Å². The first kappa shape index (κ1) is 13.1. The van der Waals surface area contributed by atoms with E-state index in [2.05, 4.69) is 35.7 Å². The molecule has 0 radical (unpaired) electrons. The van der Waals surface area contributed by atoms with E-state index in [1.165, 1.54) is 6.33 Å². The van der Waals surface area contributed by atoms with Crippen LogP contribution in [0.1, 0.15) is 32.9 Å². The van der Waals surface area contributed by atoms with Crippen molar-refractivity contribution in [2.75, 3.05) is 0 Å². The molecule has 1 aromatic rings. The molecule has 0 aromatic carbocycles. The van der Waals surface area contributed by atoms with Crippen LogP contribution in [0, 0.1) is 18.8 Å². The van der Waals surface area contributed by atoms with E-state index >= 15 is 0 Å². The Morgan fingerprint density at radius 1 is 1.44 bits per heavy atom. The molecule has 1 aromatic heterocycles. The van der Waals surface area contributed by atoms with Crippen molar-refractivity contribution >= 4 is 23.5 Å². The topological polar surface area (TPSA) is 38.1 Å². The quantitative estimate of drug-likeness (QED) is 0.592. The summed E-state index contributed by atoms with van der Waals surface area (Å²) in [6.07, 6.45) is 4.49. The predicted octanol–water partition coefficient (Wildman–Crippen LogP) is 3.82. The second-order valence-corrected chi connectivity index (χ2v) is 4.55. The third-order valence-corrected chi connectivity index (χ3v) is 2.96. The fourth-order valence-corrected chi connectivity index (χ4v) is 1.73. The first-order valence-electron chi connectivity index (χ1n) is 5.57. The molecule has 1 rings (SSSR count). The summed E-state index contributed by atoms with van der Waals surface area (Å²) in [5.41, 5.74) is 1.50. The SMILES string of the molecule is CCC(C=Nc1c(C)ncnc1Cl)C(C)C. The van der Waals surface area contributed by atoms with Crippen molar-refractivity contribution in [1.29, 1.82) is 0 Å². The average molecular weight is 240 g/mol. The predicted molar refractivity (Wildman–Crippen MR) is 68.6 cm³/mol. The van der Waals surface area contributed by atoms with Crippen molar-refractivity contribution in [3.63, 3.8) is 0 Å². The highest BCUT2D eigenvalue weighted by Gasteiger charge is 2.09. The third kappa shape index (κ3) is 3.27. The number of hydrogen-bond acceptors (Lipinski definition) is 3.